The second kappa shape index (κ2) is 11.5. The Morgan fingerprint density at radius 1 is 0.765 bits per heavy atom. The average Bonchev–Trinajstić information content (AvgIpc) is 2.82. The lowest BCUT2D eigenvalue weighted by Crippen LogP contribution is -2.48. The highest BCUT2D eigenvalue weighted by Gasteiger charge is 2.31. The summed E-state index contributed by atoms with van der Waals surface area (Å²) in [5, 5.41) is 13.3. The van der Waals surface area contributed by atoms with Gasteiger partial charge in [-0.1, -0.05) is 107 Å². The van der Waals surface area contributed by atoms with Crippen LogP contribution in [-0.2, 0) is 17.8 Å². The van der Waals surface area contributed by atoms with Crippen LogP contribution in [-0.4, -0.2) is 28.0 Å². The van der Waals surface area contributed by atoms with Crippen molar-refractivity contribution < 1.29 is 14.7 Å². The molecule has 5 heteroatoms. The van der Waals surface area contributed by atoms with Crippen molar-refractivity contribution in [1.82, 2.24) is 4.90 Å². The van der Waals surface area contributed by atoms with Crippen LogP contribution in [0.1, 0.15) is 61.8 Å². The summed E-state index contributed by atoms with van der Waals surface area (Å²) in [5.41, 5.74) is 4.62. The molecule has 0 saturated heterocycles. The molecule has 0 radical (unpaired) electrons. The molecule has 3 aromatic rings. The summed E-state index contributed by atoms with van der Waals surface area (Å²) >= 11 is 0. The highest BCUT2D eigenvalue weighted by atomic mass is 16.4. The third-order valence-corrected chi connectivity index (χ3v) is 6.01. The Kier molecular flexibility index (Phi) is 8.47. The number of hydrogen-bond acceptors (Lipinski definition) is 2. The largest absolute Gasteiger partial charge is 0.465 e. The maximum Gasteiger partial charge on any atom is 0.408 e. The number of nitrogens with one attached hydrogen (secondary N) is 1. The topological polar surface area (TPSA) is 69.6 Å². The molecule has 2 N–H and O–H groups in total. The third-order valence-electron chi connectivity index (χ3n) is 6.01. The average molecular weight is 459 g/mol. The van der Waals surface area contributed by atoms with Crippen LogP contribution in [0.5, 0.6) is 0 Å². The molecule has 1 atom stereocenters. The summed E-state index contributed by atoms with van der Waals surface area (Å²) < 4.78 is 0. The number of rotatable bonds is 9. The fourth-order valence-electron chi connectivity index (χ4n) is 4.17. The number of nitrogens with zero attached hydrogens (tertiary/aromatic N) is 1. The molecule has 0 aromatic heterocycles. The van der Waals surface area contributed by atoms with E-state index in [9.17, 15) is 14.7 Å². The van der Waals surface area contributed by atoms with E-state index in [1.807, 2.05) is 78.9 Å². The first-order valence-electron chi connectivity index (χ1n) is 11.8. The smallest absolute Gasteiger partial charge is 0.408 e. The van der Waals surface area contributed by atoms with Crippen LogP contribution >= 0.6 is 0 Å². The van der Waals surface area contributed by atoms with E-state index in [4.69, 9.17) is 0 Å². The van der Waals surface area contributed by atoms with Gasteiger partial charge in [-0.2, -0.15) is 0 Å². The monoisotopic (exact) mass is 458 g/mol. The summed E-state index contributed by atoms with van der Waals surface area (Å²) in [6.45, 7) is 8.50. The van der Waals surface area contributed by atoms with Gasteiger partial charge in [0.15, 0.2) is 0 Å². The van der Waals surface area contributed by atoms with E-state index >= 15 is 0 Å². The molecular formula is C29H34N2O3. The van der Waals surface area contributed by atoms with Gasteiger partial charge in [-0.3, -0.25) is 9.69 Å². The van der Waals surface area contributed by atoms with Gasteiger partial charge in [0.05, 0.1) is 0 Å². The lowest BCUT2D eigenvalue weighted by molar-refractivity contribution is -0.121. The molecule has 0 saturated carbocycles. The summed E-state index contributed by atoms with van der Waals surface area (Å²) in [6, 6.07) is 24.1. The highest BCUT2D eigenvalue weighted by molar-refractivity contribution is 5.98. The quantitative estimate of drug-likeness (QED) is 0.376. The molecule has 178 valence electrons. The predicted octanol–water partition coefficient (Wildman–Crippen LogP) is 6.66. The molecular weight excluding hydrogens is 424 g/mol. The minimum absolute atomic E-state index is 0.129. The van der Waals surface area contributed by atoms with E-state index < -0.39 is 12.1 Å². The first kappa shape index (κ1) is 25.0. The van der Waals surface area contributed by atoms with Gasteiger partial charge in [0.25, 0.3) is 0 Å². The van der Waals surface area contributed by atoms with Crippen LogP contribution in [0.4, 0.5) is 10.5 Å². The molecule has 1 unspecified atom stereocenters. The van der Waals surface area contributed by atoms with E-state index in [-0.39, 0.29) is 30.7 Å². The maximum absolute atomic E-state index is 13.8. The molecule has 0 fully saturated rings. The van der Waals surface area contributed by atoms with Crippen LogP contribution in [0.3, 0.4) is 0 Å². The zero-order valence-corrected chi connectivity index (χ0v) is 20.4. The highest BCUT2D eigenvalue weighted by Crippen LogP contribution is 2.33. The van der Waals surface area contributed by atoms with Gasteiger partial charge in [0, 0.05) is 18.7 Å². The Labute approximate surface area is 202 Å². The molecule has 0 aliphatic rings. The molecule has 0 aliphatic carbocycles. The zero-order chi connectivity index (χ0) is 24.7. The maximum atomic E-state index is 13.8. The Bertz CT molecular complexity index is 1070. The lowest BCUT2D eigenvalue weighted by atomic mass is 9.92. The molecule has 0 bridgehead atoms. The zero-order valence-electron chi connectivity index (χ0n) is 20.4. The fourth-order valence-corrected chi connectivity index (χ4v) is 4.17. The van der Waals surface area contributed by atoms with Crippen molar-refractivity contribution in [2.45, 2.75) is 58.5 Å². The van der Waals surface area contributed by atoms with E-state index in [0.29, 0.717) is 0 Å². The fraction of sp³-hybridized carbons (Fsp3) is 0.310. The first-order valence-corrected chi connectivity index (χ1v) is 11.8. The van der Waals surface area contributed by atoms with Crippen LogP contribution in [0.15, 0.2) is 78.9 Å². The van der Waals surface area contributed by atoms with Crippen molar-refractivity contribution in [1.29, 1.82) is 0 Å². The Morgan fingerprint density at radius 3 is 1.74 bits per heavy atom. The molecule has 5 nitrogen and oxygen atoms in total. The van der Waals surface area contributed by atoms with Gasteiger partial charge < -0.3 is 10.4 Å². The molecule has 2 amide bonds. The first-order chi connectivity index (χ1) is 16.3. The Hall–Kier alpha value is -3.60. The van der Waals surface area contributed by atoms with Crippen molar-refractivity contribution in [3.05, 3.63) is 101 Å². The van der Waals surface area contributed by atoms with Crippen molar-refractivity contribution >= 4 is 17.7 Å². The molecule has 0 spiro atoms. The SMILES string of the molecule is CC(C)c1cccc(C(C)C)c1NC(=O)C(Cc1ccccc1)N(Cc1ccccc1)C(=O)O. The van der Waals surface area contributed by atoms with Crippen LogP contribution in [0.2, 0.25) is 0 Å². The van der Waals surface area contributed by atoms with E-state index in [1.54, 1.807) is 0 Å². The number of carbonyl (C=O) groups is 2. The minimum atomic E-state index is -1.12. The summed E-state index contributed by atoms with van der Waals surface area (Å²) in [6.07, 6.45) is -0.840. The van der Waals surface area contributed by atoms with Crippen LogP contribution in [0.25, 0.3) is 0 Å². The number of hydrogen-bond donors (Lipinski definition) is 2. The number of benzene rings is 3. The Balaban J connectivity index is 2.01. The number of para-hydroxylation sites is 1. The van der Waals surface area contributed by atoms with Gasteiger partial charge in [-0.05, 0) is 34.1 Å². The molecule has 3 aromatic carbocycles. The van der Waals surface area contributed by atoms with Gasteiger partial charge in [0.2, 0.25) is 5.91 Å². The third kappa shape index (κ3) is 6.25. The summed E-state index contributed by atoms with van der Waals surface area (Å²) in [5.74, 6) is 0.0973. The number of carboxylic acid groups (broad SMARTS) is 1. The summed E-state index contributed by atoms with van der Waals surface area (Å²) in [4.78, 5) is 27.4. The molecule has 0 heterocycles. The van der Waals surface area contributed by atoms with E-state index in [0.717, 1.165) is 27.9 Å². The summed E-state index contributed by atoms with van der Waals surface area (Å²) in [7, 11) is 0. The predicted molar refractivity (Wildman–Crippen MR) is 137 cm³/mol. The minimum Gasteiger partial charge on any atom is -0.465 e. The molecule has 34 heavy (non-hydrogen) atoms. The number of amides is 2. The Morgan fingerprint density at radius 2 is 1.26 bits per heavy atom. The standard InChI is InChI=1S/C29H34N2O3/c1-20(2)24-16-11-17-25(21(3)4)27(24)30-28(32)26(18-22-12-7-5-8-13-22)31(29(33)34)19-23-14-9-6-10-15-23/h5-17,20-21,26H,18-19H2,1-4H3,(H,30,32)(H,33,34). The van der Waals surface area contributed by atoms with Crippen molar-refractivity contribution in [3.8, 4) is 0 Å². The number of carbonyl (C=O) groups excluding carboxylic acids is 1. The van der Waals surface area contributed by atoms with Crippen molar-refractivity contribution in [2.24, 2.45) is 0 Å². The molecule has 3 rings (SSSR count). The second-order valence-electron chi connectivity index (χ2n) is 9.21. The van der Waals surface area contributed by atoms with Gasteiger partial charge >= 0.3 is 6.09 Å². The van der Waals surface area contributed by atoms with Gasteiger partial charge in [0.1, 0.15) is 6.04 Å². The van der Waals surface area contributed by atoms with Crippen molar-refractivity contribution in [3.63, 3.8) is 0 Å². The van der Waals surface area contributed by atoms with Gasteiger partial charge in [-0.25, -0.2) is 4.79 Å². The second-order valence-corrected chi connectivity index (χ2v) is 9.21. The van der Waals surface area contributed by atoms with Gasteiger partial charge in [-0.15, -0.1) is 0 Å². The number of anilines is 1. The molecule has 0 aliphatic heterocycles. The van der Waals surface area contributed by atoms with E-state index in [2.05, 4.69) is 33.0 Å². The van der Waals surface area contributed by atoms with Crippen LogP contribution < -0.4 is 5.32 Å². The van der Waals surface area contributed by atoms with Crippen LogP contribution in [0, 0.1) is 0 Å². The lowest BCUT2D eigenvalue weighted by Gasteiger charge is -2.30. The normalized spacial score (nSPS) is 11.9. The van der Waals surface area contributed by atoms with Crippen molar-refractivity contribution in [2.75, 3.05) is 5.32 Å². The van der Waals surface area contributed by atoms with E-state index in [1.165, 1.54) is 4.90 Å².